The Morgan fingerprint density at radius 1 is 1.12 bits per heavy atom. The van der Waals surface area contributed by atoms with E-state index in [-0.39, 0.29) is 18.1 Å². The number of carbonyl (C=O) groups excluding carboxylic acids is 1. The average Bonchev–Trinajstić information content (AvgIpc) is 3.39. The molecule has 1 saturated carbocycles. The number of H-pyrrole nitrogens is 1. The van der Waals surface area contributed by atoms with Crippen molar-refractivity contribution in [2.24, 2.45) is 5.92 Å². The topological polar surface area (TPSA) is 74.8 Å². The first kappa shape index (κ1) is 20.5. The highest BCUT2D eigenvalue weighted by Crippen LogP contribution is 2.47. The van der Waals surface area contributed by atoms with E-state index < -0.39 is 11.6 Å². The highest BCUT2D eigenvalue weighted by molar-refractivity contribution is 5.98. The van der Waals surface area contributed by atoms with Crippen LogP contribution in [-0.4, -0.2) is 87.8 Å². The molecule has 3 atom stereocenters. The van der Waals surface area contributed by atoms with E-state index in [2.05, 4.69) is 20.3 Å². The van der Waals surface area contributed by atoms with E-state index >= 15 is 0 Å². The van der Waals surface area contributed by atoms with Gasteiger partial charge in [-0.15, -0.1) is 0 Å². The van der Waals surface area contributed by atoms with Gasteiger partial charge in [-0.3, -0.25) is 15.1 Å². The summed E-state index contributed by atoms with van der Waals surface area (Å²) >= 11 is 0. The van der Waals surface area contributed by atoms with Gasteiger partial charge >= 0.3 is 0 Å². The van der Waals surface area contributed by atoms with Crippen LogP contribution in [0.2, 0.25) is 0 Å². The summed E-state index contributed by atoms with van der Waals surface area (Å²) < 4.78 is 27.2. The molecular weight excluding hydrogens is 416 g/mol. The zero-order valence-corrected chi connectivity index (χ0v) is 18.0. The minimum absolute atomic E-state index is 0.126. The summed E-state index contributed by atoms with van der Waals surface area (Å²) in [5.74, 6) is -1.66. The fourth-order valence-corrected chi connectivity index (χ4v) is 6.20. The van der Waals surface area contributed by atoms with Gasteiger partial charge in [0.1, 0.15) is 5.69 Å². The Morgan fingerprint density at radius 3 is 2.72 bits per heavy atom. The van der Waals surface area contributed by atoms with Crippen LogP contribution in [0.25, 0.3) is 10.9 Å². The molecule has 3 unspecified atom stereocenters. The molecule has 32 heavy (non-hydrogen) atoms. The number of carbonyl (C=O) groups is 1. The van der Waals surface area contributed by atoms with Crippen molar-refractivity contribution in [2.75, 3.05) is 39.3 Å². The highest BCUT2D eigenvalue weighted by Gasteiger charge is 2.54. The van der Waals surface area contributed by atoms with Crippen LogP contribution in [0.1, 0.15) is 36.2 Å². The Kier molecular flexibility index (Phi) is 4.80. The monoisotopic (exact) mass is 445 g/mol. The maximum absolute atomic E-state index is 13.6. The van der Waals surface area contributed by atoms with Gasteiger partial charge in [0.2, 0.25) is 0 Å². The van der Waals surface area contributed by atoms with Gasteiger partial charge in [-0.05, 0) is 37.8 Å². The van der Waals surface area contributed by atoms with E-state index in [1.807, 2.05) is 4.90 Å². The molecule has 172 valence electrons. The zero-order valence-electron chi connectivity index (χ0n) is 18.0. The zero-order chi connectivity index (χ0) is 22.0. The number of piperidine rings is 1. The minimum atomic E-state index is -0.925. The second kappa shape index (κ2) is 7.48. The van der Waals surface area contributed by atoms with E-state index in [9.17, 15) is 18.7 Å². The molecule has 0 radical (unpaired) electrons. The minimum Gasteiger partial charge on any atom is -0.395 e. The van der Waals surface area contributed by atoms with Crippen molar-refractivity contribution < 1.29 is 18.7 Å². The van der Waals surface area contributed by atoms with Crippen LogP contribution in [0.5, 0.6) is 0 Å². The number of halogens is 2. The Balaban J connectivity index is 1.22. The maximum Gasteiger partial charge on any atom is 0.270 e. The maximum atomic E-state index is 13.6. The SMILES string of the molecule is O=C(c1cc2cc(F)c(F)cc2[nH]1)N1CCC2NN3CCC4(CC4)N(CCO)CC3C2C1. The van der Waals surface area contributed by atoms with E-state index in [1.165, 1.54) is 12.8 Å². The number of hydrazine groups is 1. The van der Waals surface area contributed by atoms with E-state index in [4.69, 9.17) is 0 Å². The van der Waals surface area contributed by atoms with Crippen LogP contribution in [0.3, 0.4) is 0 Å². The van der Waals surface area contributed by atoms with Crippen molar-refractivity contribution in [1.29, 1.82) is 0 Å². The van der Waals surface area contributed by atoms with Gasteiger partial charge < -0.3 is 15.0 Å². The number of aromatic amines is 1. The average molecular weight is 446 g/mol. The van der Waals surface area contributed by atoms with Crippen LogP contribution in [-0.2, 0) is 0 Å². The van der Waals surface area contributed by atoms with Crippen molar-refractivity contribution in [2.45, 2.75) is 43.3 Å². The first-order valence-corrected chi connectivity index (χ1v) is 11.6. The lowest BCUT2D eigenvalue weighted by atomic mass is 9.87. The Morgan fingerprint density at radius 2 is 1.94 bits per heavy atom. The van der Waals surface area contributed by atoms with E-state index in [0.29, 0.717) is 54.2 Å². The molecule has 1 spiro atoms. The van der Waals surface area contributed by atoms with Gasteiger partial charge in [0.25, 0.3) is 5.91 Å². The number of benzene rings is 1. The third-order valence-electron chi connectivity index (χ3n) is 8.16. The molecule has 4 aliphatic rings. The number of aliphatic hydroxyl groups excluding tert-OH is 1. The first-order valence-electron chi connectivity index (χ1n) is 11.6. The first-order chi connectivity index (χ1) is 15.5. The molecule has 1 aromatic carbocycles. The number of likely N-dealkylation sites (tertiary alicyclic amines) is 1. The predicted molar refractivity (Wildman–Crippen MR) is 115 cm³/mol. The van der Waals surface area contributed by atoms with Crippen molar-refractivity contribution in [3.8, 4) is 0 Å². The van der Waals surface area contributed by atoms with Crippen LogP contribution in [0.4, 0.5) is 8.78 Å². The molecule has 1 amide bonds. The summed E-state index contributed by atoms with van der Waals surface area (Å²) in [6.45, 7) is 4.06. The van der Waals surface area contributed by atoms with Gasteiger partial charge in [-0.2, -0.15) is 0 Å². The predicted octanol–water partition coefficient (Wildman–Crippen LogP) is 1.70. The number of β-amino-alcohol motifs (C(OH)–C–C–N with tert-alkyl or cyclic N) is 1. The number of aromatic nitrogens is 1. The summed E-state index contributed by atoms with van der Waals surface area (Å²) in [6, 6.07) is 4.48. The number of aliphatic hydroxyl groups is 1. The van der Waals surface area contributed by atoms with Crippen molar-refractivity contribution in [3.63, 3.8) is 0 Å². The lowest BCUT2D eigenvalue weighted by Crippen LogP contribution is -2.51. The molecule has 2 aromatic rings. The number of hydrogen-bond donors (Lipinski definition) is 3. The largest absolute Gasteiger partial charge is 0.395 e. The molecule has 1 aliphatic carbocycles. The van der Waals surface area contributed by atoms with Crippen molar-refractivity contribution in [1.82, 2.24) is 25.2 Å². The molecule has 4 heterocycles. The molecular formula is C23H29F2N5O2. The molecule has 3 aliphatic heterocycles. The van der Waals surface area contributed by atoms with Crippen LogP contribution in [0.15, 0.2) is 18.2 Å². The lowest BCUT2D eigenvalue weighted by Gasteiger charge is -2.38. The number of amides is 1. The summed E-state index contributed by atoms with van der Waals surface area (Å²) in [6.07, 6.45) is 4.39. The lowest BCUT2D eigenvalue weighted by molar-refractivity contribution is 0.0615. The summed E-state index contributed by atoms with van der Waals surface area (Å²) in [5, 5.41) is 12.5. The van der Waals surface area contributed by atoms with Gasteiger partial charge in [0.05, 0.1) is 6.61 Å². The Hall–Kier alpha value is -2.07. The molecule has 6 rings (SSSR count). The van der Waals surface area contributed by atoms with Gasteiger partial charge in [-0.25, -0.2) is 13.8 Å². The second-order valence-corrected chi connectivity index (χ2v) is 9.88. The third-order valence-corrected chi connectivity index (χ3v) is 8.16. The van der Waals surface area contributed by atoms with Crippen LogP contribution >= 0.6 is 0 Å². The van der Waals surface area contributed by atoms with E-state index in [0.717, 1.165) is 38.1 Å². The Labute approximate surface area is 185 Å². The molecule has 3 N–H and O–H groups in total. The normalized spacial score (nSPS) is 29.8. The standard InChI is InChI=1S/C23H29F2N5O2/c24-16-9-14-10-20(26-19(14)11-17(16)25)22(32)28-5-1-18-15(12-28)21-13-29(7-8-31)23(2-3-23)4-6-30(21)27-18/h9-11,15,18,21,26-27,31H,1-8,12-13H2. The quantitative estimate of drug-likeness (QED) is 0.671. The van der Waals surface area contributed by atoms with E-state index in [1.54, 1.807) is 6.07 Å². The summed E-state index contributed by atoms with van der Waals surface area (Å²) in [5.41, 5.74) is 4.76. The molecule has 1 aromatic heterocycles. The Bertz CT molecular complexity index is 1020. The smallest absolute Gasteiger partial charge is 0.270 e. The summed E-state index contributed by atoms with van der Waals surface area (Å²) in [4.78, 5) is 20.6. The number of rotatable bonds is 3. The van der Waals surface area contributed by atoms with Crippen LogP contribution in [0, 0.1) is 17.6 Å². The number of nitrogens with zero attached hydrogens (tertiary/aromatic N) is 3. The molecule has 7 nitrogen and oxygen atoms in total. The highest BCUT2D eigenvalue weighted by atomic mass is 19.2. The fraction of sp³-hybridized carbons (Fsp3) is 0.609. The molecule has 4 fully saturated rings. The number of hydrogen-bond acceptors (Lipinski definition) is 5. The van der Waals surface area contributed by atoms with Crippen molar-refractivity contribution >= 4 is 16.8 Å². The second-order valence-electron chi connectivity index (χ2n) is 9.88. The van der Waals surface area contributed by atoms with Gasteiger partial charge in [0.15, 0.2) is 11.6 Å². The van der Waals surface area contributed by atoms with Gasteiger partial charge in [0, 0.05) is 73.2 Å². The number of fused-ring (bicyclic) bond motifs is 4. The third kappa shape index (κ3) is 3.25. The molecule has 0 bridgehead atoms. The summed E-state index contributed by atoms with van der Waals surface area (Å²) in [7, 11) is 0. The fourth-order valence-electron chi connectivity index (χ4n) is 6.20. The van der Waals surface area contributed by atoms with Gasteiger partial charge in [-0.1, -0.05) is 0 Å². The molecule has 3 saturated heterocycles. The molecule has 9 heteroatoms. The van der Waals surface area contributed by atoms with Crippen LogP contribution < -0.4 is 5.43 Å². The van der Waals surface area contributed by atoms with Crippen molar-refractivity contribution in [3.05, 3.63) is 35.5 Å². The number of nitrogens with one attached hydrogen (secondary N) is 2.